The van der Waals surface area contributed by atoms with Crippen molar-refractivity contribution in [3.05, 3.63) is 95.1 Å². The molecule has 0 bridgehead atoms. The fourth-order valence-corrected chi connectivity index (χ4v) is 5.20. The number of methoxy groups -OCH3 is 4. The first-order valence-corrected chi connectivity index (χ1v) is 11.2. The molecule has 0 amide bonds. The van der Waals surface area contributed by atoms with Crippen LogP contribution in [-0.2, 0) is 0 Å². The van der Waals surface area contributed by atoms with Crippen LogP contribution in [0.1, 0.15) is 22.3 Å². The zero-order valence-electron chi connectivity index (χ0n) is 19.6. The number of benzene rings is 4. The molecule has 0 heterocycles. The van der Waals surface area contributed by atoms with Crippen LogP contribution < -0.4 is 18.9 Å². The van der Waals surface area contributed by atoms with Crippen molar-refractivity contribution >= 4 is 11.1 Å². The zero-order chi connectivity index (χ0) is 23.4. The van der Waals surface area contributed by atoms with Crippen LogP contribution >= 0.6 is 0 Å². The summed E-state index contributed by atoms with van der Waals surface area (Å²) in [6, 6.07) is 25.1. The Morgan fingerprint density at radius 3 is 0.765 bits per heavy atom. The molecule has 4 heteroatoms. The van der Waals surface area contributed by atoms with Crippen LogP contribution in [0.2, 0.25) is 0 Å². The lowest BCUT2D eigenvalue weighted by Gasteiger charge is -2.14. The van der Waals surface area contributed by atoms with E-state index in [-0.39, 0.29) is 0 Å². The smallest absolute Gasteiger partial charge is 0.119 e. The van der Waals surface area contributed by atoms with Gasteiger partial charge in [-0.3, -0.25) is 0 Å². The van der Waals surface area contributed by atoms with E-state index in [9.17, 15) is 0 Å². The van der Waals surface area contributed by atoms with Crippen molar-refractivity contribution in [1.29, 1.82) is 0 Å². The van der Waals surface area contributed by atoms with E-state index >= 15 is 0 Å². The Balaban J connectivity index is 1.77. The molecule has 2 aliphatic rings. The van der Waals surface area contributed by atoms with E-state index in [1.54, 1.807) is 28.4 Å². The zero-order valence-corrected chi connectivity index (χ0v) is 19.6. The number of hydrogen-bond acceptors (Lipinski definition) is 4. The molecule has 4 aromatic carbocycles. The summed E-state index contributed by atoms with van der Waals surface area (Å²) in [5.74, 6) is 3.30. The van der Waals surface area contributed by atoms with Gasteiger partial charge in [0.25, 0.3) is 0 Å². The molecule has 0 N–H and O–H groups in total. The molecule has 0 spiro atoms. The predicted octanol–water partition coefficient (Wildman–Crippen LogP) is 6.69. The summed E-state index contributed by atoms with van der Waals surface area (Å²) in [6.45, 7) is 0. The molecule has 0 saturated heterocycles. The van der Waals surface area contributed by atoms with E-state index in [2.05, 4.69) is 48.5 Å². The lowest BCUT2D eigenvalue weighted by molar-refractivity contribution is 0.414. The second-order valence-corrected chi connectivity index (χ2v) is 8.40. The minimum absolute atomic E-state index is 0.825. The average Bonchev–Trinajstić information content (AvgIpc) is 3.38. The van der Waals surface area contributed by atoms with Gasteiger partial charge in [-0.05, 0) is 104 Å². The molecule has 0 fully saturated rings. The van der Waals surface area contributed by atoms with Crippen LogP contribution in [0.15, 0.2) is 72.8 Å². The molecule has 4 aromatic rings. The first-order chi connectivity index (χ1) is 16.7. The molecule has 0 atom stereocenters. The van der Waals surface area contributed by atoms with Gasteiger partial charge in [0.15, 0.2) is 0 Å². The van der Waals surface area contributed by atoms with Crippen molar-refractivity contribution < 1.29 is 18.9 Å². The Morgan fingerprint density at radius 2 is 0.559 bits per heavy atom. The molecular formula is C30H24O4. The van der Waals surface area contributed by atoms with Gasteiger partial charge in [0, 0.05) is 0 Å². The van der Waals surface area contributed by atoms with Crippen LogP contribution in [0.4, 0.5) is 0 Å². The second kappa shape index (κ2) is 7.70. The maximum atomic E-state index is 5.62. The van der Waals surface area contributed by atoms with E-state index in [4.69, 9.17) is 18.9 Å². The average molecular weight is 449 g/mol. The molecule has 0 aromatic heterocycles. The number of hydrogen-bond donors (Lipinski definition) is 0. The highest BCUT2D eigenvalue weighted by Crippen LogP contribution is 2.56. The van der Waals surface area contributed by atoms with Crippen LogP contribution in [0.3, 0.4) is 0 Å². The van der Waals surface area contributed by atoms with Gasteiger partial charge in [-0.15, -0.1) is 0 Å². The number of ether oxygens (including phenoxy) is 4. The topological polar surface area (TPSA) is 36.9 Å². The lowest BCUT2D eigenvalue weighted by atomic mass is 9.91. The molecule has 0 unspecified atom stereocenters. The number of rotatable bonds is 4. The van der Waals surface area contributed by atoms with Gasteiger partial charge in [0.2, 0.25) is 0 Å². The third-order valence-electron chi connectivity index (χ3n) is 6.81. The predicted molar refractivity (Wildman–Crippen MR) is 135 cm³/mol. The van der Waals surface area contributed by atoms with Crippen LogP contribution in [0.25, 0.3) is 33.4 Å². The first kappa shape index (κ1) is 20.4. The fraction of sp³-hybridized carbons (Fsp3) is 0.133. The molecule has 6 rings (SSSR count). The summed E-state index contributed by atoms with van der Waals surface area (Å²) in [6.07, 6.45) is 0. The van der Waals surface area contributed by atoms with Gasteiger partial charge >= 0.3 is 0 Å². The van der Waals surface area contributed by atoms with Gasteiger partial charge in [0.1, 0.15) is 23.0 Å². The van der Waals surface area contributed by atoms with Crippen LogP contribution in [-0.4, -0.2) is 28.4 Å². The van der Waals surface area contributed by atoms with E-state index in [0.29, 0.717) is 0 Å². The molecular weight excluding hydrogens is 424 g/mol. The Morgan fingerprint density at radius 1 is 0.324 bits per heavy atom. The fourth-order valence-electron chi connectivity index (χ4n) is 5.20. The van der Waals surface area contributed by atoms with Crippen molar-refractivity contribution in [3.63, 3.8) is 0 Å². The minimum atomic E-state index is 0.825. The molecule has 0 saturated carbocycles. The Hall–Kier alpha value is -4.18. The summed E-state index contributed by atoms with van der Waals surface area (Å²) in [5.41, 5.74) is 11.6. The number of fused-ring (bicyclic) bond motifs is 6. The van der Waals surface area contributed by atoms with Crippen molar-refractivity contribution in [2.45, 2.75) is 0 Å². The summed E-state index contributed by atoms with van der Waals surface area (Å²) >= 11 is 0. The normalized spacial score (nSPS) is 12.6. The second-order valence-electron chi connectivity index (χ2n) is 8.40. The summed E-state index contributed by atoms with van der Waals surface area (Å²) in [4.78, 5) is 0. The van der Waals surface area contributed by atoms with Gasteiger partial charge < -0.3 is 18.9 Å². The highest BCUT2D eigenvalue weighted by atomic mass is 16.5. The highest BCUT2D eigenvalue weighted by Gasteiger charge is 2.33. The molecule has 168 valence electrons. The lowest BCUT2D eigenvalue weighted by Crippen LogP contribution is -1.94. The van der Waals surface area contributed by atoms with Crippen LogP contribution in [0, 0.1) is 0 Å². The van der Waals surface area contributed by atoms with Gasteiger partial charge in [-0.2, -0.15) is 0 Å². The van der Waals surface area contributed by atoms with Gasteiger partial charge in [-0.1, -0.05) is 24.3 Å². The van der Waals surface area contributed by atoms with Crippen LogP contribution in [0.5, 0.6) is 23.0 Å². The largest absolute Gasteiger partial charge is 0.497 e. The maximum Gasteiger partial charge on any atom is 0.119 e. The van der Waals surface area contributed by atoms with E-state index in [1.165, 1.54) is 22.3 Å². The first-order valence-electron chi connectivity index (χ1n) is 11.2. The van der Waals surface area contributed by atoms with Gasteiger partial charge in [0.05, 0.1) is 28.4 Å². The Kier molecular flexibility index (Phi) is 4.63. The van der Waals surface area contributed by atoms with E-state index < -0.39 is 0 Å². The molecule has 4 nitrogen and oxygen atoms in total. The molecule has 2 aliphatic carbocycles. The summed E-state index contributed by atoms with van der Waals surface area (Å²) in [7, 11) is 6.82. The quantitative estimate of drug-likeness (QED) is 0.301. The van der Waals surface area contributed by atoms with E-state index in [1.807, 2.05) is 24.3 Å². The summed E-state index contributed by atoms with van der Waals surface area (Å²) in [5, 5.41) is 0. The van der Waals surface area contributed by atoms with Gasteiger partial charge in [-0.25, -0.2) is 0 Å². The van der Waals surface area contributed by atoms with Crippen molar-refractivity contribution in [3.8, 4) is 45.3 Å². The molecule has 34 heavy (non-hydrogen) atoms. The summed E-state index contributed by atoms with van der Waals surface area (Å²) < 4.78 is 22.5. The Bertz CT molecular complexity index is 1270. The van der Waals surface area contributed by atoms with E-state index in [0.717, 1.165) is 56.4 Å². The van der Waals surface area contributed by atoms with Crippen molar-refractivity contribution in [1.82, 2.24) is 0 Å². The third kappa shape index (κ3) is 2.85. The van der Waals surface area contributed by atoms with Crippen molar-refractivity contribution in [2.24, 2.45) is 0 Å². The minimum Gasteiger partial charge on any atom is -0.497 e. The SMILES string of the molecule is COc1ccc2c(c1)C(=C1c3cc(OC)ccc3-c3ccc(OC)cc31)c1cc(OC)ccc1-2. The standard InChI is InChI=1S/C30H24O4/c1-31-17-5-9-21-22-10-6-18(32-2)14-26(22)29(25(21)13-17)30-27-15-19(33-3)7-11-23(27)24-12-8-20(34-4)16-28(24)30/h5-16H,1-4H3. The third-order valence-corrected chi connectivity index (χ3v) is 6.81. The van der Waals surface area contributed by atoms with Crippen molar-refractivity contribution in [2.75, 3.05) is 28.4 Å². The Labute approximate surface area is 199 Å². The molecule has 0 aliphatic heterocycles. The monoisotopic (exact) mass is 448 g/mol. The molecule has 0 radical (unpaired) electrons. The highest BCUT2D eigenvalue weighted by molar-refractivity contribution is 6.19. The maximum absolute atomic E-state index is 5.62.